The predicted octanol–water partition coefficient (Wildman–Crippen LogP) is -1.27. The minimum Gasteiger partial charge on any atom is -0.505 e. The van der Waals surface area contributed by atoms with Gasteiger partial charge in [-0.25, -0.2) is 0 Å². The van der Waals surface area contributed by atoms with Crippen LogP contribution < -0.4 is 16.4 Å². The highest BCUT2D eigenvalue weighted by molar-refractivity contribution is 6.32. The van der Waals surface area contributed by atoms with Gasteiger partial charge in [0.2, 0.25) is 11.8 Å². The number of aliphatic hydroxyl groups excluding tert-OH is 1. The lowest BCUT2D eigenvalue weighted by Gasteiger charge is -2.56. The molecule has 0 aromatic heterocycles. The Hall–Kier alpha value is -3.52. The van der Waals surface area contributed by atoms with Gasteiger partial charge in [0, 0.05) is 5.92 Å². The number of likely N-dealkylation sites (N-methyl/N-ethyl adjacent to an activating group) is 1. The van der Waals surface area contributed by atoms with Gasteiger partial charge in [0.15, 0.2) is 34.7 Å². The topological polar surface area (TPSA) is 216 Å². The molecule has 0 heterocycles. The third-order valence-corrected chi connectivity index (χ3v) is 9.71. The van der Waals surface area contributed by atoms with Crippen LogP contribution in [0.25, 0.3) is 0 Å². The van der Waals surface area contributed by atoms with Crippen molar-refractivity contribution in [1.82, 2.24) is 10.2 Å². The molecular weight excluding hydrogens is 548 g/mol. The quantitative estimate of drug-likeness (QED) is 0.164. The van der Waals surface area contributed by atoms with Crippen molar-refractivity contribution in [3.05, 3.63) is 23.3 Å². The van der Waals surface area contributed by atoms with Crippen molar-refractivity contribution in [2.75, 3.05) is 32.5 Å². The standard InChI is InChI=1S/C29H36N4O9/c1-11-13-7-8-14(32-15(34)10-31-9-12-5-4-6-12)22(35)17(13)23(36)18-16(11)24(37)20-21(33(2)3)25(38)19(28(30)41)27(40)29(20,42)26(18)39/h7-8,11-12,16,18-21,24,31,35,37,42H,4-6,9-10H2,1-3H3,(H2,30,41)(H,32,34)/t11?,16?,18?,19?,20?,21-,24?,29-/m0/s1. The Morgan fingerprint density at radius 1 is 1.12 bits per heavy atom. The third kappa shape index (κ3) is 4.29. The molecule has 1 aromatic carbocycles. The predicted molar refractivity (Wildman–Crippen MR) is 146 cm³/mol. The van der Waals surface area contributed by atoms with Crippen molar-refractivity contribution in [1.29, 1.82) is 0 Å². The third-order valence-electron chi connectivity index (χ3n) is 9.71. The van der Waals surface area contributed by atoms with E-state index in [1.807, 2.05) is 0 Å². The van der Waals surface area contributed by atoms with E-state index in [1.165, 1.54) is 37.5 Å². The summed E-state index contributed by atoms with van der Waals surface area (Å²) in [5, 5.41) is 40.1. The van der Waals surface area contributed by atoms with Crippen LogP contribution in [0.1, 0.15) is 48.0 Å². The molecule has 0 saturated heterocycles. The Labute approximate surface area is 241 Å². The van der Waals surface area contributed by atoms with Crippen LogP contribution in [0.5, 0.6) is 5.75 Å². The Bertz CT molecular complexity index is 1390. The summed E-state index contributed by atoms with van der Waals surface area (Å²) < 4.78 is 0. The van der Waals surface area contributed by atoms with Crippen LogP contribution in [0.3, 0.4) is 0 Å². The average molecular weight is 585 g/mol. The number of amides is 2. The maximum atomic E-state index is 14.0. The number of phenols is 1. The second-order valence-corrected chi connectivity index (χ2v) is 12.3. The van der Waals surface area contributed by atoms with E-state index in [0.29, 0.717) is 18.0 Å². The van der Waals surface area contributed by atoms with Gasteiger partial charge < -0.3 is 31.7 Å². The number of hydrogen-bond acceptors (Lipinski definition) is 11. The zero-order valence-electron chi connectivity index (χ0n) is 23.6. The number of rotatable bonds is 7. The average Bonchev–Trinajstić information content (AvgIpc) is 2.88. The highest BCUT2D eigenvalue weighted by Crippen LogP contribution is 2.55. The summed E-state index contributed by atoms with van der Waals surface area (Å²) in [5.74, 6) is -14.0. The van der Waals surface area contributed by atoms with E-state index in [-0.39, 0.29) is 17.8 Å². The summed E-state index contributed by atoms with van der Waals surface area (Å²) >= 11 is 0. The van der Waals surface area contributed by atoms with Gasteiger partial charge in [0.1, 0.15) is 5.75 Å². The number of nitrogens with two attached hydrogens (primary N) is 1. The van der Waals surface area contributed by atoms with E-state index in [1.54, 1.807) is 6.92 Å². The lowest BCUT2D eigenvalue weighted by molar-refractivity contribution is -0.196. The van der Waals surface area contributed by atoms with E-state index < -0.39 is 88.0 Å². The fourth-order valence-corrected chi connectivity index (χ4v) is 7.37. The number of aliphatic hydroxyl groups is 2. The molecule has 3 fully saturated rings. The molecule has 0 radical (unpaired) electrons. The minimum absolute atomic E-state index is 0.0178. The van der Waals surface area contributed by atoms with Crippen LogP contribution in [-0.4, -0.2) is 100 Å². The molecule has 42 heavy (non-hydrogen) atoms. The van der Waals surface area contributed by atoms with Crippen molar-refractivity contribution in [3.8, 4) is 5.75 Å². The van der Waals surface area contributed by atoms with Crippen molar-refractivity contribution in [3.63, 3.8) is 0 Å². The molecule has 1 aromatic rings. The molecule has 0 bridgehead atoms. The second-order valence-electron chi connectivity index (χ2n) is 12.3. The summed E-state index contributed by atoms with van der Waals surface area (Å²) in [5.41, 5.74) is 2.21. The number of fused-ring (bicyclic) bond motifs is 3. The van der Waals surface area contributed by atoms with Gasteiger partial charge in [-0.1, -0.05) is 19.4 Å². The van der Waals surface area contributed by atoms with Gasteiger partial charge >= 0.3 is 0 Å². The first-order valence-electron chi connectivity index (χ1n) is 14.1. The molecule has 4 aliphatic rings. The zero-order chi connectivity index (χ0) is 30.8. The molecule has 3 saturated carbocycles. The van der Waals surface area contributed by atoms with Crippen molar-refractivity contribution >= 4 is 40.6 Å². The fourth-order valence-electron chi connectivity index (χ4n) is 7.37. The van der Waals surface area contributed by atoms with Crippen molar-refractivity contribution in [2.24, 2.45) is 35.3 Å². The number of primary amides is 1. The molecule has 226 valence electrons. The maximum Gasteiger partial charge on any atom is 0.238 e. The molecule has 6 unspecified atom stereocenters. The number of nitrogens with one attached hydrogen (secondary N) is 2. The van der Waals surface area contributed by atoms with Crippen LogP contribution >= 0.6 is 0 Å². The van der Waals surface area contributed by atoms with Gasteiger partial charge in [0.25, 0.3) is 0 Å². The minimum atomic E-state index is -3.07. The Kier molecular flexibility index (Phi) is 7.59. The Balaban J connectivity index is 1.51. The van der Waals surface area contributed by atoms with Crippen molar-refractivity contribution in [2.45, 2.75) is 49.9 Å². The Morgan fingerprint density at radius 2 is 1.79 bits per heavy atom. The Morgan fingerprint density at radius 3 is 2.36 bits per heavy atom. The number of aromatic hydroxyl groups is 1. The number of carbonyl (C=O) groups excluding carboxylic acids is 6. The van der Waals surface area contributed by atoms with E-state index in [4.69, 9.17) is 5.73 Å². The number of ketones is 4. The normalized spacial score (nSPS) is 34.4. The summed E-state index contributed by atoms with van der Waals surface area (Å²) in [6.45, 7) is 2.29. The number of benzene rings is 1. The summed E-state index contributed by atoms with van der Waals surface area (Å²) in [7, 11) is 2.86. The van der Waals surface area contributed by atoms with Crippen LogP contribution in [-0.2, 0) is 24.0 Å². The maximum absolute atomic E-state index is 14.0. The van der Waals surface area contributed by atoms with Crippen LogP contribution in [0, 0.1) is 29.6 Å². The molecular formula is C29H36N4O9. The van der Waals surface area contributed by atoms with Gasteiger partial charge in [0.05, 0.1) is 41.8 Å². The first-order chi connectivity index (χ1) is 19.7. The van der Waals surface area contributed by atoms with E-state index in [2.05, 4.69) is 10.6 Å². The van der Waals surface area contributed by atoms with Gasteiger partial charge in [-0.05, 0) is 56.9 Å². The number of Topliss-reactive ketones (excluding diaryl/α,β-unsaturated/α-hetero) is 4. The van der Waals surface area contributed by atoms with Crippen molar-refractivity contribution < 1.29 is 44.1 Å². The summed E-state index contributed by atoms with van der Waals surface area (Å²) in [4.78, 5) is 80.5. The molecule has 4 aliphatic carbocycles. The van der Waals surface area contributed by atoms with Gasteiger partial charge in [-0.2, -0.15) is 0 Å². The molecule has 0 aliphatic heterocycles. The first-order valence-corrected chi connectivity index (χ1v) is 14.1. The largest absolute Gasteiger partial charge is 0.505 e. The van der Waals surface area contributed by atoms with Gasteiger partial charge in [-0.3, -0.25) is 33.7 Å². The highest BCUT2D eigenvalue weighted by atomic mass is 16.3. The fraction of sp³-hybridized carbons (Fsp3) is 0.586. The molecule has 5 rings (SSSR count). The number of phenolic OH excluding ortho intramolecular Hbond substituents is 1. The molecule has 13 nitrogen and oxygen atoms in total. The van der Waals surface area contributed by atoms with Crippen LogP contribution in [0.4, 0.5) is 5.69 Å². The van der Waals surface area contributed by atoms with E-state index in [9.17, 15) is 44.1 Å². The van der Waals surface area contributed by atoms with Crippen LogP contribution in [0.15, 0.2) is 12.1 Å². The lowest BCUT2D eigenvalue weighted by atomic mass is 9.49. The number of nitrogens with zero attached hydrogens (tertiary/aromatic N) is 1. The molecule has 2 amide bonds. The first kappa shape index (κ1) is 30.0. The molecule has 0 spiro atoms. The highest BCUT2D eigenvalue weighted by Gasteiger charge is 2.72. The smallest absolute Gasteiger partial charge is 0.238 e. The van der Waals surface area contributed by atoms with E-state index in [0.717, 1.165) is 12.8 Å². The molecule has 8 atom stereocenters. The number of anilines is 1. The zero-order valence-corrected chi connectivity index (χ0v) is 23.6. The molecule has 13 heteroatoms. The number of hydrogen-bond donors (Lipinski definition) is 6. The summed E-state index contributed by atoms with van der Waals surface area (Å²) in [6.07, 6.45) is 1.67. The molecule has 7 N–H and O–H groups in total. The van der Waals surface area contributed by atoms with E-state index >= 15 is 0 Å². The SMILES string of the molecule is CC1c2ccc(NC(=O)CNCC3CCC3)c(O)c2C(=O)C2C(=O)[C@]3(O)C(=O)C(C(N)=O)C(=O)[C@@H](N(C)C)C3C(O)C21. The monoisotopic (exact) mass is 584 g/mol. The summed E-state index contributed by atoms with van der Waals surface area (Å²) in [6, 6.07) is 1.49. The number of carbonyl (C=O) groups is 6. The van der Waals surface area contributed by atoms with Gasteiger partial charge in [-0.15, -0.1) is 0 Å². The second kappa shape index (κ2) is 10.6. The lowest BCUT2D eigenvalue weighted by Crippen LogP contribution is -2.77. The van der Waals surface area contributed by atoms with Crippen LogP contribution in [0.2, 0.25) is 0 Å².